The van der Waals surface area contributed by atoms with E-state index in [0.29, 0.717) is 17.7 Å². The highest BCUT2D eigenvalue weighted by atomic mass is 32.2. The zero-order valence-electron chi connectivity index (χ0n) is 15.9. The van der Waals surface area contributed by atoms with Crippen molar-refractivity contribution >= 4 is 35.1 Å². The quantitative estimate of drug-likeness (QED) is 0.667. The maximum atomic E-state index is 13.6. The van der Waals surface area contributed by atoms with Gasteiger partial charge in [-0.15, -0.1) is 11.8 Å². The first-order valence-corrected chi connectivity index (χ1v) is 11.2. The molecule has 1 N–H and O–H groups in total. The number of phenolic OH excluding ortho intramolecular Hbond substituents is 1. The third-order valence-corrected chi connectivity index (χ3v) is 7.14. The molecule has 0 radical (unpaired) electrons. The number of ether oxygens (including phenoxy) is 1. The number of rotatable bonds is 7. The summed E-state index contributed by atoms with van der Waals surface area (Å²) in [4.78, 5) is 16.3. The van der Waals surface area contributed by atoms with Gasteiger partial charge in [-0.05, 0) is 55.2 Å². The Labute approximate surface area is 169 Å². The van der Waals surface area contributed by atoms with Gasteiger partial charge in [-0.25, -0.2) is 0 Å². The van der Waals surface area contributed by atoms with Crippen molar-refractivity contribution in [1.29, 1.82) is 0 Å². The van der Waals surface area contributed by atoms with E-state index >= 15 is 0 Å². The number of para-hydroxylation sites is 1. The molecule has 27 heavy (non-hydrogen) atoms. The number of benzene rings is 2. The van der Waals surface area contributed by atoms with Crippen LogP contribution in [0.1, 0.15) is 24.8 Å². The Bertz CT molecular complexity index is 827. The van der Waals surface area contributed by atoms with E-state index in [9.17, 15) is 9.90 Å². The fraction of sp³-hybridized carbons (Fsp3) is 0.381. The summed E-state index contributed by atoms with van der Waals surface area (Å²) in [6, 6.07) is 13.1. The summed E-state index contributed by atoms with van der Waals surface area (Å²) in [5, 5.41) is 10.7. The van der Waals surface area contributed by atoms with Crippen LogP contribution in [0, 0.1) is 0 Å². The number of likely N-dealkylation sites (N-methyl/N-ethyl adjacent to an activating group) is 1. The summed E-state index contributed by atoms with van der Waals surface area (Å²) >= 11 is 3.36. The molecule has 1 unspecified atom stereocenters. The topological polar surface area (TPSA) is 49.8 Å². The van der Waals surface area contributed by atoms with Gasteiger partial charge in [0.05, 0.1) is 12.8 Å². The summed E-state index contributed by atoms with van der Waals surface area (Å²) in [5.41, 5.74) is 1.54. The summed E-state index contributed by atoms with van der Waals surface area (Å²) in [7, 11) is 3.41. The second kappa shape index (κ2) is 8.48. The predicted molar refractivity (Wildman–Crippen MR) is 114 cm³/mol. The summed E-state index contributed by atoms with van der Waals surface area (Å²) in [5.74, 6) is 1.83. The van der Waals surface area contributed by atoms with E-state index in [4.69, 9.17) is 4.74 Å². The second-order valence-corrected chi connectivity index (χ2v) is 8.92. The van der Waals surface area contributed by atoms with Crippen LogP contribution in [0.25, 0.3) is 0 Å². The van der Waals surface area contributed by atoms with Crippen LogP contribution in [0.4, 0.5) is 5.69 Å². The molecular weight excluding hydrogens is 378 g/mol. The number of phenols is 1. The molecule has 144 valence electrons. The summed E-state index contributed by atoms with van der Waals surface area (Å²) in [6.45, 7) is 0. The van der Waals surface area contributed by atoms with Crippen LogP contribution in [-0.2, 0) is 9.54 Å². The molecular formula is C21H25NO3S2. The van der Waals surface area contributed by atoms with E-state index < -0.39 is 4.75 Å². The van der Waals surface area contributed by atoms with Crippen LogP contribution in [0.3, 0.4) is 0 Å². The van der Waals surface area contributed by atoms with Crippen LogP contribution < -0.4 is 9.64 Å². The highest BCUT2D eigenvalue weighted by molar-refractivity contribution is 8.01. The van der Waals surface area contributed by atoms with E-state index in [1.807, 2.05) is 43.1 Å². The lowest BCUT2D eigenvalue weighted by molar-refractivity contribution is -0.121. The number of hydrogen-bond donors (Lipinski definition) is 1. The molecule has 1 aliphatic heterocycles. The number of aromatic hydroxyl groups is 1. The highest BCUT2D eigenvalue weighted by Gasteiger charge is 2.48. The molecule has 4 nitrogen and oxygen atoms in total. The maximum Gasteiger partial charge on any atom is 0.248 e. The number of carbonyl (C=O) groups is 1. The van der Waals surface area contributed by atoms with E-state index in [1.165, 1.54) is 0 Å². The van der Waals surface area contributed by atoms with Crippen LogP contribution in [0.15, 0.2) is 47.4 Å². The van der Waals surface area contributed by atoms with Crippen LogP contribution in [0.5, 0.6) is 11.5 Å². The number of nitrogens with zero attached hydrogens (tertiary/aromatic N) is 1. The van der Waals surface area contributed by atoms with Crippen molar-refractivity contribution in [3.8, 4) is 11.5 Å². The highest BCUT2D eigenvalue weighted by Crippen LogP contribution is 2.55. The van der Waals surface area contributed by atoms with E-state index in [2.05, 4.69) is 6.26 Å². The fourth-order valence-electron chi connectivity index (χ4n) is 3.48. The van der Waals surface area contributed by atoms with Gasteiger partial charge in [-0.3, -0.25) is 4.79 Å². The zero-order valence-corrected chi connectivity index (χ0v) is 17.5. The van der Waals surface area contributed by atoms with Crippen molar-refractivity contribution in [2.24, 2.45) is 0 Å². The van der Waals surface area contributed by atoms with Crippen LogP contribution in [0.2, 0.25) is 0 Å². The second-order valence-electron chi connectivity index (χ2n) is 6.59. The number of hydrogen-bond acceptors (Lipinski definition) is 5. The Kier molecular flexibility index (Phi) is 6.27. The van der Waals surface area contributed by atoms with Crippen LogP contribution in [-0.4, -0.2) is 37.2 Å². The number of carbonyl (C=O) groups excluding carboxylic acids is 1. The summed E-state index contributed by atoms with van der Waals surface area (Å²) in [6.07, 6.45) is 4.70. The molecule has 0 bridgehead atoms. The van der Waals surface area contributed by atoms with Crippen molar-refractivity contribution < 1.29 is 14.6 Å². The molecule has 1 atom stereocenters. The average molecular weight is 404 g/mol. The minimum atomic E-state index is -0.861. The number of anilines is 1. The number of thioether (sulfide) groups is 2. The lowest BCUT2D eigenvalue weighted by atomic mass is 9.89. The van der Waals surface area contributed by atoms with Crippen molar-refractivity contribution in [3.05, 3.63) is 48.0 Å². The normalized spacial score (nSPS) is 19.1. The van der Waals surface area contributed by atoms with Crippen molar-refractivity contribution in [2.45, 2.75) is 28.9 Å². The third-order valence-electron chi connectivity index (χ3n) is 4.93. The standard InChI is InChI=1S/C21H25NO3S2/c1-22-17-8-4-5-9-19(17)27-21(20(22)24,12-6-7-13-26-3)16-14-15(25-2)10-11-18(16)23/h4-5,8-11,14,23H,6-7,12-13H2,1-3H3. The first kappa shape index (κ1) is 20.0. The lowest BCUT2D eigenvalue weighted by Crippen LogP contribution is -2.46. The minimum absolute atomic E-state index is 0.00101. The Hall–Kier alpha value is -1.79. The van der Waals surface area contributed by atoms with Crippen molar-refractivity contribution in [2.75, 3.05) is 31.1 Å². The average Bonchev–Trinajstić information content (AvgIpc) is 2.69. The van der Waals surface area contributed by atoms with Gasteiger partial charge in [0.25, 0.3) is 0 Å². The molecule has 0 fully saturated rings. The molecule has 0 saturated heterocycles. The SMILES string of the molecule is COc1ccc(O)c(C2(CCCCSC)Sc3ccccc3N(C)C2=O)c1. The predicted octanol–water partition coefficient (Wildman–Crippen LogP) is 4.90. The van der Waals surface area contributed by atoms with Gasteiger partial charge in [0.15, 0.2) is 0 Å². The number of fused-ring (bicyclic) bond motifs is 1. The monoisotopic (exact) mass is 403 g/mol. The van der Waals surface area contributed by atoms with E-state index in [0.717, 1.165) is 29.2 Å². The summed E-state index contributed by atoms with van der Waals surface area (Å²) < 4.78 is 4.51. The van der Waals surface area contributed by atoms with Gasteiger partial charge in [0.1, 0.15) is 16.2 Å². The third kappa shape index (κ3) is 3.78. The Morgan fingerprint density at radius 3 is 2.74 bits per heavy atom. The molecule has 3 rings (SSSR count). The van der Waals surface area contributed by atoms with Gasteiger partial charge in [-0.2, -0.15) is 11.8 Å². The molecule has 0 aliphatic carbocycles. The van der Waals surface area contributed by atoms with Crippen LogP contribution >= 0.6 is 23.5 Å². The van der Waals surface area contributed by atoms with Gasteiger partial charge in [0, 0.05) is 17.5 Å². The number of unbranched alkanes of at least 4 members (excludes halogenated alkanes) is 1. The van der Waals surface area contributed by atoms with Crippen molar-refractivity contribution in [3.63, 3.8) is 0 Å². The molecule has 0 aromatic heterocycles. The molecule has 1 amide bonds. The molecule has 2 aromatic carbocycles. The van der Waals surface area contributed by atoms with Crippen molar-refractivity contribution in [1.82, 2.24) is 0 Å². The largest absolute Gasteiger partial charge is 0.508 e. The molecule has 0 spiro atoms. The first-order chi connectivity index (χ1) is 13.0. The number of amides is 1. The molecule has 0 saturated carbocycles. The van der Waals surface area contributed by atoms with Gasteiger partial charge < -0.3 is 14.7 Å². The zero-order chi connectivity index (χ0) is 19.4. The Balaban J connectivity index is 2.10. The maximum absolute atomic E-state index is 13.6. The number of methoxy groups -OCH3 is 1. The first-order valence-electron chi connectivity index (χ1n) is 8.96. The van der Waals surface area contributed by atoms with E-state index in [-0.39, 0.29) is 11.7 Å². The van der Waals surface area contributed by atoms with E-state index in [1.54, 1.807) is 42.0 Å². The van der Waals surface area contributed by atoms with Gasteiger partial charge in [-0.1, -0.05) is 18.6 Å². The Morgan fingerprint density at radius 2 is 2.00 bits per heavy atom. The smallest absolute Gasteiger partial charge is 0.248 e. The molecule has 6 heteroatoms. The van der Waals surface area contributed by atoms with Gasteiger partial charge >= 0.3 is 0 Å². The van der Waals surface area contributed by atoms with Gasteiger partial charge in [0.2, 0.25) is 5.91 Å². The Morgan fingerprint density at radius 1 is 1.22 bits per heavy atom. The fourth-order valence-corrected chi connectivity index (χ4v) is 5.55. The minimum Gasteiger partial charge on any atom is -0.508 e. The molecule has 1 aliphatic rings. The molecule has 1 heterocycles. The molecule has 2 aromatic rings. The lowest BCUT2D eigenvalue weighted by Gasteiger charge is -2.41.